The van der Waals surface area contributed by atoms with E-state index in [0.29, 0.717) is 0 Å². The van der Waals surface area contributed by atoms with Crippen molar-refractivity contribution >= 4 is 0 Å². The van der Waals surface area contributed by atoms with Crippen LogP contribution in [0.3, 0.4) is 0 Å². The van der Waals surface area contributed by atoms with E-state index in [1.165, 1.54) is 12.8 Å². The van der Waals surface area contributed by atoms with Crippen molar-refractivity contribution in [3.63, 3.8) is 0 Å². The first-order valence-corrected chi connectivity index (χ1v) is 6.83. The van der Waals surface area contributed by atoms with Crippen LogP contribution in [0.1, 0.15) is 46.5 Å². The Morgan fingerprint density at radius 1 is 1.29 bits per heavy atom. The van der Waals surface area contributed by atoms with Crippen molar-refractivity contribution in [2.45, 2.75) is 58.4 Å². The van der Waals surface area contributed by atoms with Crippen LogP contribution in [-0.4, -0.2) is 43.5 Å². The molecule has 0 aromatic heterocycles. The van der Waals surface area contributed by atoms with Crippen LogP contribution < -0.4 is 5.32 Å². The van der Waals surface area contributed by atoms with E-state index in [2.05, 4.69) is 17.1 Å². The summed E-state index contributed by atoms with van der Waals surface area (Å²) >= 11 is 0. The zero-order valence-corrected chi connectivity index (χ0v) is 11.7. The van der Waals surface area contributed by atoms with Crippen LogP contribution in [0.15, 0.2) is 0 Å². The van der Waals surface area contributed by atoms with E-state index in [9.17, 15) is 8.78 Å². The number of nitrogens with one attached hydrogen (secondary N) is 1. The Balaban J connectivity index is 0.00000121. The summed E-state index contributed by atoms with van der Waals surface area (Å²) in [5.74, 6) is -2.49. The summed E-state index contributed by atoms with van der Waals surface area (Å²) in [6, 6.07) is -0.0355. The Kier molecular flexibility index (Phi) is 8.70. The highest BCUT2D eigenvalue weighted by molar-refractivity contribution is 4.88. The second-order valence-corrected chi connectivity index (χ2v) is 4.61. The molecule has 1 heterocycles. The number of rotatable bonds is 6. The lowest BCUT2D eigenvalue weighted by Gasteiger charge is -2.20. The summed E-state index contributed by atoms with van der Waals surface area (Å²) in [6.45, 7) is 7.76. The first-order valence-electron chi connectivity index (χ1n) is 6.83. The Bertz CT molecular complexity index is 186. The monoisotopic (exact) mass is 250 g/mol. The van der Waals surface area contributed by atoms with Gasteiger partial charge in [0.25, 0.3) is 5.92 Å². The van der Waals surface area contributed by atoms with E-state index in [4.69, 9.17) is 0 Å². The van der Waals surface area contributed by atoms with Gasteiger partial charge in [-0.3, -0.25) is 0 Å². The number of hydrogen-bond acceptors (Lipinski definition) is 2. The Morgan fingerprint density at radius 3 is 2.41 bits per heavy atom. The maximum absolute atomic E-state index is 12.9. The highest BCUT2D eigenvalue weighted by Gasteiger charge is 2.39. The molecule has 1 unspecified atom stereocenters. The van der Waals surface area contributed by atoms with E-state index >= 15 is 0 Å². The highest BCUT2D eigenvalue weighted by atomic mass is 19.3. The number of hydrogen-bond donors (Lipinski definition) is 1. The van der Waals surface area contributed by atoms with Gasteiger partial charge >= 0.3 is 0 Å². The molecule has 104 valence electrons. The molecular weight excluding hydrogens is 222 g/mol. The number of nitrogens with zero attached hydrogens (tertiary/aromatic N) is 1. The topological polar surface area (TPSA) is 15.3 Å². The second-order valence-electron chi connectivity index (χ2n) is 4.61. The molecule has 0 radical (unpaired) electrons. The maximum atomic E-state index is 12.9. The van der Waals surface area contributed by atoms with Crippen molar-refractivity contribution < 1.29 is 8.78 Å². The van der Waals surface area contributed by atoms with Gasteiger partial charge in [0.15, 0.2) is 0 Å². The van der Waals surface area contributed by atoms with Crippen molar-refractivity contribution in [3.05, 3.63) is 0 Å². The van der Waals surface area contributed by atoms with Gasteiger partial charge in [-0.2, -0.15) is 0 Å². The van der Waals surface area contributed by atoms with Crippen LogP contribution in [0.25, 0.3) is 0 Å². The third kappa shape index (κ3) is 7.66. The standard InChI is InChI=1S/C11H22F2N2.C2H6/c1-3-4-5-6-15(2)8-10-7-11(12,13)9-14-10;1-2/h10,14H,3-9H2,1-2H3;1-2H3. The van der Waals surface area contributed by atoms with Gasteiger partial charge in [-0.15, -0.1) is 0 Å². The average Bonchev–Trinajstić information content (AvgIpc) is 2.61. The first-order chi connectivity index (χ1) is 8.03. The fourth-order valence-electron chi connectivity index (χ4n) is 2.03. The lowest BCUT2D eigenvalue weighted by atomic mass is 10.2. The third-order valence-corrected chi connectivity index (χ3v) is 2.87. The molecular formula is C13H28F2N2. The summed E-state index contributed by atoms with van der Waals surface area (Å²) in [5.41, 5.74) is 0. The normalized spacial score (nSPS) is 22.4. The summed E-state index contributed by atoms with van der Waals surface area (Å²) in [6.07, 6.45) is 3.58. The molecule has 1 aliphatic heterocycles. The van der Waals surface area contributed by atoms with Gasteiger partial charge in [-0.1, -0.05) is 33.6 Å². The molecule has 1 saturated heterocycles. The molecule has 0 saturated carbocycles. The Morgan fingerprint density at radius 2 is 1.94 bits per heavy atom. The molecule has 1 aliphatic rings. The summed E-state index contributed by atoms with van der Waals surface area (Å²) in [7, 11) is 2.01. The molecule has 0 aliphatic carbocycles. The minimum Gasteiger partial charge on any atom is -0.307 e. The molecule has 2 nitrogen and oxygen atoms in total. The van der Waals surface area contributed by atoms with Crippen molar-refractivity contribution in [1.29, 1.82) is 0 Å². The van der Waals surface area contributed by atoms with E-state index < -0.39 is 5.92 Å². The lowest BCUT2D eigenvalue weighted by molar-refractivity contribution is 0.0202. The number of halogens is 2. The SMILES string of the molecule is CC.CCCCCN(C)CC1CC(F)(F)CN1. The molecule has 1 N–H and O–H groups in total. The quantitative estimate of drug-likeness (QED) is 0.729. The van der Waals surface area contributed by atoms with Crippen LogP contribution in [0.2, 0.25) is 0 Å². The van der Waals surface area contributed by atoms with Crippen molar-refractivity contribution in [3.8, 4) is 0 Å². The Labute approximate surface area is 105 Å². The van der Waals surface area contributed by atoms with E-state index in [1.807, 2.05) is 20.9 Å². The predicted octanol–water partition coefficient (Wildman–Crippen LogP) is 3.13. The lowest BCUT2D eigenvalue weighted by Crippen LogP contribution is -2.35. The van der Waals surface area contributed by atoms with Gasteiger partial charge in [0.1, 0.15) is 0 Å². The number of likely N-dealkylation sites (N-methyl/N-ethyl adjacent to an activating group) is 1. The smallest absolute Gasteiger partial charge is 0.261 e. The zero-order valence-electron chi connectivity index (χ0n) is 11.7. The minimum absolute atomic E-state index is 0.00881. The number of alkyl halides is 2. The van der Waals surface area contributed by atoms with Gasteiger partial charge in [0.2, 0.25) is 0 Å². The molecule has 1 rings (SSSR count). The Hall–Kier alpha value is -0.220. The van der Waals surface area contributed by atoms with Crippen LogP contribution >= 0.6 is 0 Å². The average molecular weight is 250 g/mol. The molecule has 17 heavy (non-hydrogen) atoms. The van der Waals surface area contributed by atoms with Crippen LogP contribution in [0.4, 0.5) is 8.78 Å². The van der Waals surface area contributed by atoms with Crippen LogP contribution in [0.5, 0.6) is 0 Å². The molecule has 4 heteroatoms. The van der Waals surface area contributed by atoms with Gasteiger partial charge in [0, 0.05) is 19.0 Å². The van der Waals surface area contributed by atoms with Gasteiger partial charge in [0.05, 0.1) is 6.54 Å². The molecule has 1 fully saturated rings. The van der Waals surface area contributed by atoms with Gasteiger partial charge in [-0.25, -0.2) is 8.78 Å². The van der Waals surface area contributed by atoms with Crippen molar-refractivity contribution in [1.82, 2.24) is 10.2 Å². The van der Waals surface area contributed by atoms with Crippen LogP contribution in [0, 0.1) is 0 Å². The second kappa shape index (κ2) is 8.81. The molecule has 0 bridgehead atoms. The highest BCUT2D eigenvalue weighted by Crippen LogP contribution is 2.25. The largest absolute Gasteiger partial charge is 0.307 e. The molecule has 0 spiro atoms. The zero-order chi connectivity index (χ0) is 13.3. The van der Waals surface area contributed by atoms with Gasteiger partial charge < -0.3 is 10.2 Å². The van der Waals surface area contributed by atoms with E-state index in [0.717, 1.165) is 19.5 Å². The van der Waals surface area contributed by atoms with Crippen molar-refractivity contribution in [2.24, 2.45) is 0 Å². The third-order valence-electron chi connectivity index (χ3n) is 2.87. The summed E-state index contributed by atoms with van der Waals surface area (Å²) in [4.78, 5) is 2.15. The fraction of sp³-hybridized carbons (Fsp3) is 1.00. The van der Waals surface area contributed by atoms with Crippen molar-refractivity contribution in [2.75, 3.05) is 26.7 Å². The summed E-state index contributed by atoms with van der Waals surface area (Å²) in [5, 5.41) is 2.88. The predicted molar refractivity (Wildman–Crippen MR) is 69.7 cm³/mol. The molecule has 0 aromatic carbocycles. The van der Waals surface area contributed by atoms with E-state index in [-0.39, 0.29) is 19.0 Å². The van der Waals surface area contributed by atoms with Crippen LogP contribution in [-0.2, 0) is 0 Å². The van der Waals surface area contributed by atoms with E-state index in [1.54, 1.807) is 0 Å². The first kappa shape index (κ1) is 16.8. The molecule has 0 amide bonds. The molecule has 1 atom stereocenters. The van der Waals surface area contributed by atoms with Gasteiger partial charge in [-0.05, 0) is 20.0 Å². The number of unbranched alkanes of at least 4 members (excludes halogenated alkanes) is 2. The fourth-order valence-corrected chi connectivity index (χ4v) is 2.03. The summed E-state index contributed by atoms with van der Waals surface area (Å²) < 4.78 is 25.7. The maximum Gasteiger partial charge on any atom is 0.261 e. The minimum atomic E-state index is -2.49. The molecule has 0 aromatic rings.